The summed E-state index contributed by atoms with van der Waals surface area (Å²) < 4.78 is 0.982. The molecule has 2 aromatic rings. The zero-order chi connectivity index (χ0) is 14.7. The molecule has 0 saturated heterocycles. The van der Waals surface area contributed by atoms with Gasteiger partial charge in [0.05, 0.1) is 16.6 Å². The number of hydrogen-bond acceptors (Lipinski definition) is 2. The summed E-state index contributed by atoms with van der Waals surface area (Å²) in [6, 6.07) is 11.8. The van der Waals surface area contributed by atoms with Gasteiger partial charge in [-0.2, -0.15) is 0 Å². The summed E-state index contributed by atoms with van der Waals surface area (Å²) in [6.07, 6.45) is 0. The number of carbonyl (C=O) groups excluding carboxylic acids is 1. The molecule has 0 aliphatic heterocycles. The van der Waals surface area contributed by atoms with Gasteiger partial charge in [0.15, 0.2) is 0 Å². The Morgan fingerprint density at radius 2 is 1.90 bits per heavy atom. The highest BCUT2D eigenvalue weighted by atomic mass is 79.9. The molecule has 0 fully saturated rings. The quantitative estimate of drug-likeness (QED) is 0.863. The molecule has 0 heterocycles. The predicted octanol–water partition coefficient (Wildman–Crippen LogP) is 4.30. The molecule has 1 unspecified atom stereocenters. The maximum absolute atomic E-state index is 12.2. The number of hydrogen-bond donors (Lipinski definition) is 2. The number of amides is 1. The SMILES string of the molecule is CC(NC(=O)c1cc(O)ccc1Cl)c1ccc(Br)cc1. The number of carbonyl (C=O) groups is 1. The van der Waals surface area contributed by atoms with Crippen molar-refractivity contribution < 1.29 is 9.90 Å². The van der Waals surface area contributed by atoms with E-state index in [0.29, 0.717) is 5.02 Å². The molecule has 2 aromatic carbocycles. The number of phenols is 1. The smallest absolute Gasteiger partial charge is 0.253 e. The molecule has 1 atom stereocenters. The summed E-state index contributed by atoms with van der Waals surface area (Å²) in [4.78, 5) is 12.2. The Morgan fingerprint density at radius 1 is 1.25 bits per heavy atom. The Labute approximate surface area is 130 Å². The van der Waals surface area contributed by atoms with Crippen LogP contribution < -0.4 is 5.32 Å². The Bertz CT molecular complexity index is 628. The van der Waals surface area contributed by atoms with Crippen molar-refractivity contribution in [2.24, 2.45) is 0 Å². The van der Waals surface area contributed by atoms with Crippen LogP contribution in [0.4, 0.5) is 0 Å². The zero-order valence-electron chi connectivity index (χ0n) is 10.7. The van der Waals surface area contributed by atoms with Gasteiger partial charge in [-0.1, -0.05) is 39.7 Å². The monoisotopic (exact) mass is 353 g/mol. The van der Waals surface area contributed by atoms with E-state index < -0.39 is 0 Å². The lowest BCUT2D eigenvalue weighted by atomic mass is 10.1. The molecule has 0 spiro atoms. The largest absolute Gasteiger partial charge is 0.508 e. The maximum atomic E-state index is 12.2. The fourth-order valence-corrected chi connectivity index (χ4v) is 2.26. The lowest BCUT2D eigenvalue weighted by molar-refractivity contribution is 0.0939. The van der Waals surface area contributed by atoms with Crippen LogP contribution in [-0.2, 0) is 0 Å². The van der Waals surface area contributed by atoms with Gasteiger partial charge in [0, 0.05) is 4.47 Å². The minimum atomic E-state index is -0.318. The maximum Gasteiger partial charge on any atom is 0.253 e. The normalized spacial score (nSPS) is 11.9. The summed E-state index contributed by atoms with van der Waals surface area (Å²) in [6.45, 7) is 1.89. The van der Waals surface area contributed by atoms with Crippen molar-refractivity contribution in [2.45, 2.75) is 13.0 Å². The molecule has 0 radical (unpaired) electrons. The van der Waals surface area contributed by atoms with Gasteiger partial charge in [0.2, 0.25) is 0 Å². The van der Waals surface area contributed by atoms with Gasteiger partial charge in [-0.3, -0.25) is 4.79 Å². The third kappa shape index (κ3) is 3.52. The van der Waals surface area contributed by atoms with Gasteiger partial charge in [0.25, 0.3) is 5.91 Å². The highest BCUT2D eigenvalue weighted by Crippen LogP contribution is 2.22. The molecule has 2 rings (SSSR count). The van der Waals surface area contributed by atoms with Gasteiger partial charge in [-0.25, -0.2) is 0 Å². The second kappa shape index (κ2) is 6.29. The minimum absolute atomic E-state index is 0.0100. The lowest BCUT2D eigenvalue weighted by Crippen LogP contribution is -2.26. The summed E-state index contributed by atoms with van der Waals surface area (Å²) in [5.74, 6) is -0.308. The van der Waals surface area contributed by atoms with E-state index >= 15 is 0 Å². The molecule has 0 aromatic heterocycles. The predicted molar refractivity (Wildman–Crippen MR) is 83.1 cm³/mol. The zero-order valence-corrected chi connectivity index (χ0v) is 13.1. The first-order valence-corrected chi connectivity index (χ1v) is 7.19. The van der Waals surface area contributed by atoms with E-state index in [2.05, 4.69) is 21.2 Å². The minimum Gasteiger partial charge on any atom is -0.508 e. The van der Waals surface area contributed by atoms with Gasteiger partial charge in [-0.15, -0.1) is 0 Å². The Hall–Kier alpha value is -1.52. The summed E-state index contributed by atoms with van der Waals surface area (Å²) in [7, 11) is 0. The second-order valence-electron chi connectivity index (χ2n) is 4.41. The average Bonchev–Trinajstić information content (AvgIpc) is 2.42. The van der Waals surface area contributed by atoms with E-state index in [1.807, 2.05) is 31.2 Å². The number of rotatable bonds is 3. The molecule has 1 amide bonds. The summed E-state index contributed by atoms with van der Waals surface area (Å²) in [5.41, 5.74) is 1.24. The molecule has 0 bridgehead atoms. The number of aromatic hydroxyl groups is 1. The van der Waals surface area contributed by atoms with Crippen molar-refractivity contribution in [3.63, 3.8) is 0 Å². The number of halogens is 2. The van der Waals surface area contributed by atoms with E-state index in [0.717, 1.165) is 10.0 Å². The van der Waals surface area contributed by atoms with Crippen molar-refractivity contribution in [3.05, 3.63) is 63.1 Å². The third-order valence-corrected chi connectivity index (χ3v) is 3.77. The van der Waals surface area contributed by atoms with Crippen LogP contribution >= 0.6 is 27.5 Å². The molecule has 2 N–H and O–H groups in total. The highest BCUT2D eigenvalue weighted by molar-refractivity contribution is 9.10. The molecule has 104 valence electrons. The van der Waals surface area contributed by atoms with Crippen molar-refractivity contribution in [1.29, 1.82) is 0 Å². The molecule has 3 nitrogen and oxygen atoms in total. The van der Waals surface area contributed by atoms with Gasteiger partial charge in [-0.05, 0) is 42.8 Å². The fraction of sp³-hybridized carbons (Fsp3) is 0.133. The van der Waals surface area contributed by atoms with Crippen LogP contribution in [0.15, 0.2) is 46.9 Å². The van der Waals surface area contributed by atoms with E-state index in [1.165, 1.54) is 18.2 Å². The lowest BCUT2D eigenvalue weighted by Gasteiger charge is -2.15. The van der Waals surface area contributed by atoms with Gasteiger partial charge < -0.3 is 10.4 Å². The van der Waals surface area contributed by atoms with Crippen molar-refractivity contribution in [3.8, 4) is 5.75 Å². The Balaban J connectivity index is 2.15. The molecular weight excluding hydrogens is 342 g/mol. The van der Waals surface area contributed by atoms with Crippen LogP contribution in [0.25, 0.3) is 0 Å². The van der Waals surface area contributed by atoms with E-state index in [4.69, 9.17) is 11.6 Å². The standard InChI is InChI=1S/C15H13BrClNO2/c1-9(10-2-4-11(16)5-3-10)18-15(20)13-8-12(19)6-7-14(13)17/h2-9,19H,1H3,(H,18,20). The van der Waals surface area contributed by atoms with Gasteiger partial charge in [0.1, 0.15) is 5.75 Å². The van der Waals surface area contributed by atoms with Crippen molar-refractivity contribution in [1.82, 2.24) is 5.32 Å². The molecule has 0 saturated carbocycles. The summed E-state index contributed by atoms with van der Waals surface area (Å²) >= 11 is 9.33. The van der Waals surface area contributed by atoms with Crippen LogP contribution in [-0.4, -0.2) is 11.0 Å². The molecule has 20 heavy (non-hydrogen) atoms. The first kappa shape index (κ1) is 14.9. The van der Waals surface area contributed by atoms with E-state index in [1.54, 1.807) is 0 Å². The fourth-order valence-electron chi connectivity index (χ4n) is 1.80. The van der Waals surface area contributed by atoms with E-state index in [9.17, 15) is 9.90 Å². The highest BCUT2D eigenvalue weighted by Gasteiger charge is 2.14. The van der Waals surface area contributed by atoms with Gasteiger partial charge >= 0.3 is 0 Å². The van der Waals surface area contributed by atoms with E-state index in [-0.39, 0.29) is 23.3 Å². The molecule has 5 heteroatoms. The van der Waals surface area contributed by atoms with Crippen LogP contribution in [0.5, 0.6) is 5.75 Å². The number of benzene rings is 2. The Morgan fingerprint density at radius 3 is 2.55 bits per heavy atom. The van der Waals surface area contributed by atoms with Crippen LogP contribution in [0.2, 0.25) is 5.02 Å². The van der Waals surface area contributed by atoms with Crippen molar-refractivity contribution >= 4 is 33.4 Å². The van der Waals surface area contributed by atoms with Crippen LogP contribution in [0.3, 0.4) is 0 Å². The van der Waals surface area contributed by atoms with Crippen LogP contribution in [0.1, 0.15) is 28.9 Å². The number of nitrogens with one attached hydrogen (secondary N) is 1. The molecule has 0 aliphatic rings. The number of phenolic OH excluding ortho intramolecular Hbond substituents is 1. The molecular formula is C15H13BrClNO2. The average molecular weight is 355 g/mol. The second-order valence-corrected chi connectivity index (χ2v) is 5.73. The summed E-state index contributed by atoms with van der Waals surface area (Å²) in [5, 5.41) is 12.6. The Kier molecular flexibility index (Phi) is 4.68. The van der Waals surface area contributed by atoms with Crippen molar-refractivity contribution in [2.75, 3.05) is 0 Å². The first-order valence-electron chi connectivity index (χ1n) is 6.02. The molecule has 0 aliphatic carbocycles. The topological polar surface area (TPSA) is 49.3 Å². The first-order chi connectivity index (χ1) is 9.47. The van der Waals surface area contributed by atoms with Crippen LogP contribution in [0, 0.1) is 0 Å². The third-order valence-electron chi connectivity index (χ3n) is 2.91.